The molecule has 0 aliphatic rings. The predicted octanol–water partition coefficient (Wildman–Crippen LogP) is 4.00. The number of non-ortho nitro benzene ring substituents is 1. The molecule has 2 rings (SSSR count). The van der Waals surface area contributed by atoms with Gasteiger partial charge in [-0.15, -0.1) is 11.8 Å². The van der Waals surface area contributed by atoms with Crippen LogP contribution in [-0.4, -0.2) is 23.2 Å². The summed E-state index contributed by atoms with van der Waals surface area (Å²) < 4.78 is 31.7. The molecular formula is C16H14F2N2O4S. The third-order valence-electron chi connectivity index (χ3n) is 3.22. The molecule has 0 bridgehead atoms. The molecule has 0 heterocycles. The maximum Gasteiger partial charge on any atom is 0.271 e. The quantitative estimate of drug-likeness (QED) is 0.473. The third-order valence-corrected chi connectivity index (χ3v) is 4.37. The van der Waals surface area contributed by atoms with Crippen LogP contribution in [0.1, 0.15) is 6.92 Å². The van der Waals surface area contributed by atoms with Crippen molar-refractivity contribution in [3.05, 3.63) is 58.1 Å². The number of rotatable bonds is 6. The average molecular weight is 368 g/mol. The van der Waals surface area contributed by atoms with Gasteiger partial charge in [-0.25, -0.2) is 8.78 Å². The molecule has 1 amide bonds. The summed E-state index contributed by atoms with van der Waals surface area (Å²) >= 11 is 0.902. The highest BCUT2D eigenvalue weighted by Gasteiger charge is 2.20. The minimum Gasteiger partial charge on any atom is -0.495 e. The van der Waals surface area contributed by atoms with Gasteiger partial charge in [0.25, 0.3) is 5.69 Å². The van der Waals surface area contributed by atoms with Crippen molar-refractivity contribution in [3.8, 4) is 5.75 Å². The summed E-state index contributed by atoms with van der Waals surface area (Å²) in [5.74, 6) is -1.73. The molecule has 2 aromatic rings. The molecule has 0 saturated carbocycles. The molecule has 9 heteroatoms. The predicted molar refractivity (Wildman–Crippen MR) is 90.0 cm³/mol. The Balaban J connectivity index is 2.15. The molecule has 0 fully saturated rings. The van der Waals surface area contributed by atoms with E-state index in [1.807, 2.05) is 0 Å². The molecule has 132 valence electrons. The number of nitrogens with zero attached hydrogens (tertiary/aromatic N) is 1. The Morgan fingerprint density at radius 1 is 1.28 bits per heavy atom. The zero-order chi connectivity index (χ0) is 18.6. The number of benzene rings is 2. The van der Waals surface area contributed by atoms with Crippen molar-refractivity contribution in [3.63, 3.8) is 0 Å². The average Bonchev–Trinajstić information content (AvgIpc) is 2.57. The Morgan fingerprint density at radius 2 is 2.00 bits per heavy atom. The van der Waals surface area contributed by atoms with Gasteiger partial charge in [0.1, 0.15) is 17.4 Å². The standard InChI is InChI=1S/C16H14F2N2O4S/c1-9(25-15-6-3-10(17)7-12(15)18)16(21)19-13-8-11(20(22)23)4-5-14(13)24-2/h3-9H,1-2H3,(H,19,21). The summed E-state index contributed by atoms with van der Waals surface area (Å²) in [7, 11) is 1.36. The first-order valence-electron chi connectivity index (χ1n) is 7.07. The van der Waals surface area contributed by atoms with E-state index in [-0.39, 0.29) is 22.0 Å². The second-order valence-corrected chi connectivity index (χ2v) is 6.35. The van der Waals surface area contributed by atoms with Gasteiger partial charge in [0.15, 0.2) is 0 Å². The fraction of sp³-hybridized carbons (Fsp3) is 0.188. The normalized spacial score (nSPS) is 11.7. The van der Waals surface area contributed by atoms with Crippen LogP contribution >= 0.6 is 11.8 Å². The SMILES string of the molecule is COc1ccc([N+](=O)[O-])cc1NC(=O)C(C)Sc1ccc(F)cc1F. The molecule has 0 aliphatic heterocycles. The Bertz CT molecular complexity index is 817. The van der Waals surface area contributed by atoms with Crippen LogP contribution in [0.4, 0.5) is 20.2 Å². The third kappa shape index (κ3) is 4.66. The van der Waals surface area contributed by atoms with Crippen LogP contribution in [-0.2, 0) is 4.79 Å². The molecule has 1 atom stereocenters. The summed E-state index contributed by atoms with van der Waals surface area (Å²) in [6.07, 6.45) is 0. The summed E-state index contributed by atoms with van der Waals surface area (Å²) in [6.45, 7) is 1.53. The van der Waals surface area contributed by atoms with Crippen LogP contribution in [0.15, 0.2) is 41.3 Å². The number of nitro groups is 1. The Hall–Kier alpha value is -2.68. The number of thioether (sulfide) groups is 1. The number of ether oxygens (including phenoxy) is 1. The summed E-state index contributed by atoms with van der Waals surface area (Å²) in [5, 5.41) is 12.6. The topological polar surface area (TPSA) is 81.5 Å². The number of carbonyl (C=O) groups excluding carboxylic acids is 1. The van der Waals surface area contributed by atoms with E-state index >= 15 is 0 Å². The number of methoxy groups -OCH3 is 1. The lowest BCUT2D eigenvalue weighted by molar-refractivity contribution is -0.384. The Kier molecular flexibility index (Phi) is 5.92. The van der Waals surface area contributed by atoms with E-state index in [9.17, 15) is 23.7 Å². The van der Waals surface area contributed by atoms with E-state index in [0.717, 1.165) is 23.9 Å². The van der Waals surface area contributed by atoms with Gasteiger partial charge >= 0.3 is 0 Å². The van der Waals surface area contributed by atoms with Crippen molar-refractivity contribution < 1.29 is 23.2 Å². The van der Waals surface area contributed by atoms with E-state index in [2.05, 4.69) is 5.32 Å². The highest BCUT2D eigenvalue weighted by atomic mass is 32.2. The lowest BCUT2D eigenvalue weighted by Gasteiger charge is -2.14. The van der Waals surface area contributed by atoms with Gasteiger partial charge in [-0.05, 0) is 25.1 Å². The molecule has 0 aromatic heterocycles. The number of hydrogen-bond acceptors (Lipinski definition) is 5. The minimum absolute atomic E-state index is 0.120. The number of carbonyl (C=O) groups is 1. The lowest BCUT2D eigenvalue weighted by atomic mass is 10.2. The van der Waals surface area contributed by atoms with Crippen molar-refractivity contribution in [2.75, 3.05) is 12.4 Å². The highest BCUT2D eigenvalue weighted by molar-refractivity contribution is 8.00. The van der Waals surface area contributed by atoms with Crippen LogP contribution in [0.3, 0.4) is 0 Å². The van der Waals surface area contributed by atoms with E-state index in [4.69, 9.17) is 4.74 Å². The van der Waals surface area contributed by atoms with Gasteiger partial charge in [-0.2, -0.15) is 0 Å². The number of nitro benzene ring substituents is 1. The van der Waals surface area contributed by atoms with E-state index < -0.39 is 27.7 Å². The molecule has 0 spiro atoms. The first-order valence-corrected chi connectivity index (χ1v) is 7.94. The van der Waals surface area contributed by atoms with Crippen molar-refractivity contribution in [2.45, 2.75) is 17.1 Å². The van der Waals surface area contributed by atoms with Crippen LogP contribution in [0.5, 0.6) is 5.75 Å². The van der Waals surface area contributed by atoms with Crippen molar-refractivity contribution in [2.24, 2.45) is 0 Å². The second kappa shape index (κ2) is 7.93. The van der Waals surface area contributed by atoms with Crippen molar-refractivity contribution in [1.82, 2.24) is 0 Å². The fourth-order valence-corrected chi connectivity index (χ4v) is 2.82. The van der Waals surface area contributed by atoms with Crippen LogP contribution in [0, 0.1) is 21.7 Å². The molecule has 0 aliphatic carbocycles. The minimum atomic E-state index is -0.766. The maximum atomic E-state index is 13.7. The number of amides is 1. The van der Waals surface area contributed by atoms with Crippen LogP contribution < -0.4 is 10.1 Å². The van der Waals surface area contributed by atoms with Crippen molar-refractivity contribution >= 4 is 29.0 Å². The van der Waals surface area contributed by atoms with Gasteiger partial charge in [-0.3, -0.25) is 14.9 Å². The molecule has 1 unspecified atom stereocenters. The Morgan fingerprint density at radius 3 is 2.60 bits per heavy atom. The molecular weight excluding hydrogens is 354 g/mol. The van der Waals surface area contributed by atoms with Gasteiger partial charge < -0.3 is 10.1 Å². The first-order chi connectivity index (χ1) is 11.8. The number of hydrogen-bond donors (Lipinski definition) is 1. The van der Waals surface area contributed by atoms with Crippen LogP contribution in [0.2, 0.25) is 0 Å². The highest BCUT2D eigenvalue weighted by Crippen LogP contribution is 2.31. The molecule has 2 aromatic carbocycles. The zero-order valence-electron chi connectivity index (χ0n) is 13.3. The van der Waals surface area contributed by atoms with E-state index in [1.165, 1.54) is 38.3 Å². The van der Waals surface area contributed by atoms with Gasteiger partial charge in [0.2, 0.25) is 5.91 Å². The van der Waals surface area contributed by atoms with Gasteiger partial charge in [0, 0.05) is 23.1 Å². The number of halogens is 2. The van der Waals surface area contributed by atoms with Crippen molar-refractivity contribution in [1.29, 1.82) is 0 Å². The van der Waals surface area contributed by atoms with E-state index in [1.54, 1.807) is 0 Å². The summed E-state index contributed by atoms with van der Waals surface area (Å²) in [5.41, 5.74) is -0.0743. The first kappa shape index (κ1) is 18.7. The number of anilines is 1. The Labute approximate surface area is 146 Å². The van der Waals surface area contributed by atoms with Crippen LogP contribution in [0.25, 0.3) is 0 Å². The molecule has 25 heavy (non-hydrogen) atoms. The van der Waals surface area contributed by atoms with Gasteiger partial charge in [-0.1, -0.05) is 0 Å². The molecule has 0 radical (unpaired) electrons. The largest absolute Gasteiger partial charge is 0.495 e. The maximum absolute atomic E-state index is 13.7. The molecule has 0 saturated heterocycles. The smallest absolute Gasteiger partial charge is 0.271 e. The van der Waals surface area contributed by atoms with E-state index in [0.29, 0.717) is 0 Å². The molecule has 6 nitrogen and oxygen atoms in total. The summed E-state index contributed by atoms with van der Waals surface area (Å²) in [4.78, 5) is 22.7. The fourth-order valence-electron chi connectivity index (χ4n) is 1.96. The lowest BCUT2D eigenvalue weighted by Crippen LogP contribution is -2.22. The molecule has 1 N–H and O–H groups in total. The zero-order valence-corrected chi connectivity index (χ0v) is 14.1. The number of nitrogens with one attached hydrogen (secondary N) is 1. The van der Waals surface area contributed by atoms with Gasteiger partial charge in [0.05, 0.1) is 23.0 Å². The summed E-state index contributed by atoms with van der Waals surface area (Å²) in [6, 6.07) is 6.86. The monoisotopic (exact) mass is 368 g/mol. The second-order valence-electron chi connectivity index (χ2n) is 4.97.